The molecule has 0 heterocycles. The first-order chi connectivity index (χ1) is 9.51. The molecule has 2 aromatic rings. The Labute approximate surface area is 133 Å². The average molecular weight is 375 g/mol. The molecule has 0 saturated carbocycles. The number of anilines is 1. The molecule has 0 bridgehead atoms. The van der Waals surface area contributed by atoms with Crippen LogP contribution in [0.1, 0.15) is 5.56 Å². The molecule has 2 N–H and O–H groups in total. The molecule has 106 valence electrons. The molecule has 0 radical (unpaired) electrons. The van der Waals surface area contributed by atoms with Crippen molar-refractivity contribution in [3.05, 3.63) is 51.5 Å². The van der Waals surface area contributed by atoms with Crippen LogP contribution in [0.4, 0.5) is 5.69 Å². The number of halogens is 2. The van der Waals surface area contributed by atoms with Crippen molar-refractivity contribution in [2.24, 2.45) is 0 Å². The lowest BCUT2D eigenvalue weighted by atomic mass is 10.2. The molecule has 2 aromatic carbocycles. The predicted molar refractivity (Wildman–Crippen MR) is 86.7 cm³/mol. The van der Waals surface area contributed by atoms with Gasteiger partial charge in [0.05, 0.1) is 28.6 Å². The molecule has 6 heteroatoms. The molecule has 0 aliphatic heterocycles. The number of nitrogen functional groups attached to an aromatic ring is 1. The van der Waals surface area contributed by atoms with Crippen molar-refractivity contribution < 1.29 is 8.95 Å². The summed E-state index contributed by atoms with van der Waals surface area (Å²) < 4.78 is 18.5. The highest BCUT2D eigenvalue weighted by Gasteiger charge is 2.12. The molecular formula is C14H13BrClNO2S. The third-order valence-corrected chi connectivity index (χ3v) is 5.03. The second-order valence-corrected chi connectivity index (χ2v) is 6.87. The van der Waals surface area contributed by atoms with Gasteiger partial charge in [0.1, 0.15) is 5.75 Å². The van der Waals surface area contributed by atoms with Gasteiger partial charge in [-0.1, -0.05) is 33.6 Å². The van der Waals surface area contributed by atoms with E-state index in [2.05, 4.69) is 15.9 Å². The van der Waals surface area contributed by atoms with Crippen LogP contribution >= 0.6 is 27.5 Å². The smallest absolute Gasteiger partial charge is 0.120 e. The van der Waals surface area contributed by atoms with Gasteiger partial charge in [0.25, 0.3) is 0 Å². The van der Waals surface area contributed by atoms with Crippen molar-refractivity contribution >= 4 is 44.0 Å². The summed E-state index contributed by atoms with van der Waals surface area (Å²) in [5, 5.41) is 0.578. The van der Waals surface area contributed by atoms with Gasteiger partial charge in [-0.15, -0.1) is 0 Å². The van der Waals surface area contributed by atoms with Crippen LogP contribution in [-0.4, -0.2) is 11.3 Å². The zero-order valence-corrected chi connectivity index (χ0v) is 13.9. The molecule has 0 amide bonds. The highest BCUT2D eigenvalue weighted by atomic mass is 79.9. The van der Waals surface area contributed by atoms with Gasteiger partial charge in [0.2, 0.25) is 0 Å². The van der Waals surface area contributed by atoms with Crippen molar-refractivity contribution in [1.82, 2.24) is 0 Å². The van der Waals surface area contributed by atoms with E-state index in [0.29, 0.717) is 27.1 Å². The lowest BCUT2D eigenvalue weighted by molar-refractivity contribution is 0.413. The van der Waals surface area contributed by atoms with Gasteiger partial charge in [0.15, 0.2) is 0 Å². The number of hydrogen-bond acceptors (Lipinski definition) is 3. The second-order valence-electron chi connectivity index (χ2n) is 4.13. The molecule has 3 nitrogen and oxygen atoms in total. The Bertz CT molecular complexity index is 664. The summed E-state index contributed by atoms with van der Waals surface area (Å²) in [6.07, 6.45) is 0. The van der Waals surface area contributed by atoms with E-state index in [4.69, 9.17) is 22.1 Å². The Kier molecular flexibility index (Phi) is 5.07. The van der Waals surface area contributed by atoms with Crippen LogP contribution in [0, 0.1) is 0 Å². The molecular weight excluding hydrogens is 362 g/mol. The van der Waals surface area contributed by atoms with Crippen LogP contribution in [-0.2, 0) is 16.6 Å². The Morgan fingerprint density at radius 3 is 2.70 bits per heavy atom. The van der Waals surface area contributed by atoms with E-state index in [1.54, 1.807) is 31.4 Å². The minimum atomic E-state index is -1.28. The van der Waals surface area contributed by atoms with E-state index in [1.807, 2.05) is 12.1 Å². The molecule has 0 fully saturated rings. The Morgan fingerprint density at radius 2 is 2.05 bits per heavy atom. The van der Waals surface area contributed by atoms with E-state index in [9.17, 15) is 4.21 Å². The molecule has 1 unspecified atom stereocenters. The third-order valence-electron chi connectivity index (χ3n) is 2.77. The summed E-state index contributed by atoms with van der Waals surface area (Å²) in [4.78, 5) is 0.559. The maximum Gasteiger partial charge on any atom is 0.120 e. The highest BCUT2D eigenvalue weighted by Crippen LogP contribution is 2.27. The van der Waals surface area contributed by atoms with Crippen LogP contribution < -0.4 is 10.5 Å². The number of rotatable bonds is 4. The van der Waals surface area contributed by atoms with Crippen molar-refractivity contribution in [1.29, 1.82) is 0 Å². The minimum Gasteiger partial charge on any atom is -0.497 e. The fourth-order valence-corrected chi connectivity index (χ4v) is 3.78. The SMILES string of the molecule is COc1ccc(N)c(S(=O)Cc2ccc(Br)cc2Cl)c1. The number of benzene rings is 2. The lowest BCUT2D eigenvalue weighted by Gasteiger charge is -2.09. The lowest BCUT2D eigenvalue weighted by Crippen LogP contribution is -2.02. The second kappa shape index (κ2) is 6.61. The summed E-state index contributed by atoms with van der Waals surface area (Å²) in [7, 11) is 0.280. The maximum atomic E-state index is 12.4. The van der Waals surface area contributed by atoms with E-state index in [0.717, 1.165) is 10.0 Å². The highest BCUT2D eigenvalue weighted by molar-refractivity contribution is 9.10. The Balaban J connectivity index is 2.28. The first-order valence-electron chi connectivity index (χ1n) is 5.77. The van der Waals surface area contributed by atoms with E-state index >= 15 is 0 Å². The molecule has 0 aliphatic carbocycles. The van der Waals surface area contributed by atoms with Crippen LogP contribution in [0.15, 0.2) is 45.8 Å². The van der Waals surface area contributed by atoms with Gasteiger partial charge in [0, 0.05) is 15.2 Å². The zero-order valence-electron chi connectivity index (χ0n) is 10.7. The molecule has 0 aromatic heterocycles. The fraction of sp³-hybridized carbons (Fsp3) is 0.143. The molecule has 0 spiro atoms. The van der Waals surface area contributed by atoms with E-state index in [-0.39, 0.29) is 0 Å². The molecule has 0 saturated heterocycles. The van der Waals surface area contributed by atoms with Crippen molar-refractivity contribution in [3.8, 4) is 5.75 Å². The summed E-state index contributed by atoms with van der Waals surface area (Å²) in [6, 6.07) is 10.6. The van der Waals surface area contributed by atoms with Crippen LogP contribution in [0.2, 0.25) is 5.02 Å². The van der Waals surface area contributed by atoms with Crippen molar-refractivity contribution in [2.45, 2.75) is 10.6 Å². The third kappa shape index (κ3) is 3.53. The van der Waals surface area contributed by atoms with E-state index < -0.39 is 10.8 Å². The monoisotopic (exact) mass is 373 g/mol. The molecule has 0 aliphatic rings. The Hall–Kier alpha value is -1.04. The zero-order chi connectivity index (χ0) is 14.7. The van der Waals surface area contributed by atoms with Crippen molar-refractivity contribution in [2.75, 3.05) is 12.8 Å². The van der Waals surface area contributed by atoms with Gasteiger partial charge in [-0.2, -0.15) is 0 Å². The summed E-state index contributed by atoms with van der Waals surface area (Å²) in [6.45, 7) is 0. The fourth-order valence-electron chi connectivity index (χ4n) is 1.70. The van der Waals surface area contributed by atoms with Gasteiger partial charge in [-0.05, 0) is 35.9 Å². The Morgan fingerprint density at radius 1 is 1.30 bits per heavy atom. The van der Waals surface area contributed by atoms with E-state index in [1.165, 1.54) is 0 Å². The largest absolute Gasteiger partial charge is 0.497 e. The number of nitrogens with two attached hydrogens (primary N) is 1. The summed E-state index contributed by atoms with van der Waals surface area (Å²) in [5.41, 5.74) is 7.17. The van der Waals surface area contributed by atoms with Crippen LogP contribution in [0.25, 0.3) is 0 Å². The maximum absolute atomic E-state index is 12.4. The topological polar surface area (TPSA) is 52.3 Å². The van der Waals surface area contributed by atoms with Crippen LogP contribution in [0.3, 0.4) is 0 Å². The van der Waals surface area contributed by atoms with Crippen LogP contribution in [0.5, 0.6) is 5.75 Å². The minimum absolute atomic E-state index is 0.309. The first-order valence-corrected chi connectivity index (χ1v) is 8.26. The van der Waals surface area contributed by atoms with Gasteiger partial charge >= 0.3 is 0 Å². The standard InChI is InChI=1S/C14H13BrClNO2S/c1-19-11-4-5-13(17)14(7-11)20(18)8-9-2-3-10(15)6-12(9)16/h2-7H,8,17H2,1H3. The van der Waals surface area contributed by atoms with Gasteiger partial charge in [-0.3, -0.25) is 4.21 Å². The predicted octanol–water partition coefficient (Wildman–Crippen LogP) is 4.00. The number of hydrogen-bond donors (Lipinski definition) is 1. The molecule has 20 heavy (non-hydrogen) atoms. The van der Waals surface area contributed by atoms with Gasteiger partial charge < -0.3 is 10.5 Å². The molecule has 2 rings (SSSR count). The summed E-state index contributed by atoms with van der Waals surface area (Å²) in [5.74, 6) is 0.938. The summed E-state index contributed by atoms with van der Waals surface area (Å²) >= 11 is 9.48. The van der Waals surface area contributed by atoms with Crippen molar-refractivity contribution in [3.63, 3.8) is 0 Å². The number of methoxy groups -OCH3 is 1. The average Bonchev–Trinajstić information content (AvgIpc) is 2.42. The molecule has 1 atom stereocenters. The quantitative estimate of drug-likeness (QED) is 0.823. The normalized spacial score (nSPS) is 12.2. The first kappa shape index (κ1) is 15.4. The van der Waals surface area contributed by atoms with Gasteiger partial charge in [-0.25, -0.2) is 0 Å². The number of ether oxygens (including phenoxy) is 1.